The second kappa shape index (κ2) is 20.3. The van der Waals surface area contributed by atoms with Crippen molar-refractivity contribution in [3.63, 3.8) is 0 Å². The van der Waals surface area contributed by atoms with E-state index in [4.69, 9.17) is 14.5 Å². The van der Waals surface area contributed by atoms with Gasteiger partial charge in [-0.15, -0.1) is 11.8 Å². The quantitative estimate of drug-likeness (QED) is 0.0491. The normalized spacial score (nSPS) is 16.6. The lowest BCUT2D eigenvalue weighted by molar-refractivity contribution is -0.161. The molecule has 1 aliphatic heterocycles. The minimum Gasteiger partial charge on any atom is -0.449 e. The van der Waals surface area contributed by atoms with Crippen molar-refractivity contribution >= 4 is 64.1 Å². The molecule has 1 unspecified atom stereocenters. The van der Waals surface area contributed by atoms with Crippen molar-refractivity contribution in [1.29, 1.82) is 0 Å². The second-order valence-electron chi connectivity index (χ2n) is 15.7. The van der Waals surface area contributed by atoms with Crippen LogP contribution >= 0.6 is 23.5 Å². The molecule has 4 aromatic rings. The summed E-state index contributed by atoms with van der Waals surface area (Å²) in [5.41, 5.74) is 6.20. The first-order valence-corrected chi connectivity index (χ1v) is 22.8. The molecule has 0 saturated carbocycles. The number of hydrogen-bond donors (Lipinski definition) is 5. The van der Waals surface area contributed by atoms with Gasteiger partial charge in [-0.3, -0.25) is 19.2 Å². The fourth-order valence-corrected chi connectivity index (χ4v) is 9.72. The number of ether oxygens (including phenoxy) is 2. The Labute approximate surface area is 374 Å². The molecule has 4 atom stereocenters. The Morgan fingerprint density at radius 3 is 2.13 bits per heavy atom. The van der Waals surface area contributed by atoms with Gasteiger partial charge in [-0.25, -0.2) is 14.2 Å². The highest BCUT2D eigenvalue weighted by Crippen LogP contribution is 2.45. The molecule has 0 spiro atoms. The van der Waals surface area contributed by atoms with Crippen molar-refractivity contribution in [2.24, 2.45) is 0 Å². The Balaban J connectivity index is 0.920. The predicted molar refractivity (Wildman–Crippen MR) is 242 cm³/mol. The topological polar surface area (TPSA) is 188 Å². The van der Waals surface area contributed by atoms with Crippen LogP contribution in [0.4, 0.5) is 9.18 Å². The molecule has 0 fully saturated rings. The number of fused-ring (bicyclic) bond motifs is 5. The lowest BCUT2D eigenvalue weighted by Crippen LogP contribution is -2.54. The molecular formula is C46H53FN6O8S2. The largest absolute Gasteiger partial charge is 0.449 e. The maximum absolute atomic E-state index is 14.7. The van der Waals surface area contributed by atoms with E-state index >= 15 is 0 Å². The fourth-order valence-electron chi connectivity index (χ4n) is 7.72. The zero-order chi connectivity index (χ0) is 45.6. The molecule has 1 aliphatic carbocycles. The highest BCUT2D eigenvalue weighted by Gasteiger charge is 2.47. The van der Waals surface area contributed by atoms with Gasteiger partial charge in [0.1, 0.15) is 30.5 Å². The summed E-state index contributed by atoms with van der Waals surface area (Å²) in [6, 6.07) is 16.2. The summed E-state index contributed by atoms with van der Waals surface area (Å²) in [6.45, 7) is 11.4. The van der Waals surface area contributed by atoms with Crippen LogP contribution in [-0.2, 0) is 46.7 Å². The highest BCUT2D eigenvalue weighted by molar-refractivity contribution is 8.02. The first kappa shape index (κ1) is 47.0. The number of benzene rings is 3. The molecule has 63 heavy (non-hydrogen) atoms. The van der Waals surface area contributed by atoms with E-state index in [9.17, 15) is 33.5 Å². The first-order chi connectivity index (χ1) is 30.1. The molecule has 6 rings (SSSR count). The van der Waals surface area contributed by atoms with Crippen LogP contribution in [0.15, 0.2) is 72.8 Å². The number of nitrogens with one attached hydrogen (secondary N) is 4. The van der Waals surface area contributed by atoms with E-state index in [1.54, 1.807) is 31.7 Å². The van der Waals surface area contributed by atoms with Crippen LogP contribution in [0.5, 0.6) is 0 Å². The number of nitrogens with zero attached hydrogens (tertiary/aromatic N) is 2. The molecule has 1 aromatic heterocycles. The minimum absolute atomic E-state index is 0.0156. The number of aliphatic hydroxyl groups excluding tert-OH is 1. The zero-order valence-electron chi connectivity index (χ0n) is 36.1. The summed E-state index contributed by atoms with van der Waals surface area (Å²) in [5, 5.41) is 20.9. The summed E-state index contributed by atoms with van der Waals surface area (Å²) in [7, 11) is 1.47. The van der Waals surface area contributed by atoms with Gasteiger partial charge in [0.25, 0.3) is 5.91 Å². The van der Waals surface area contributed by atoms with E-state index in [1.807, 2.05) is 48.5 Å². The van der Waals surface area contributed by atoms with Gasteiger partial charge in [0.15, 0.2) is 5.72 Å². The predicted octanol–water partition coefficient (Wildman–Crippen LogP) is 5.37. The molecule has 2 aliphatic rings. The molecular weight excluding hydrogens is 848 g/mol. The Morgan fingerprint density at radius 1 is 0.921 bits per heavy atom. The number of methoxy groups -OCH3 is 1. The smallest absolute Gasteiger partial charge is 0.407 e. The molecule has 0 radical (unpaired) electrons. The zero-order valence-corrected chi connectivity index (χ0v) is 37.8. The van der Waals surface area contributed by atoms with Gasteiger partial charge >= 0.3 is 6.09 Å². The van der Waals surface area contributed by atoms with Crippen LogP contribution in [0.3, 0.4) is 0 Å². The number of halogens is 1. The molecule has 5 N–H and O–H groups in total. The number of aryl methyl sites for hydroxylation is 1. The van der Waals surface area contributed by atoms with Crippen molar-refractivity contribution in [1.82, 2.24) is 31.2 Å². The molecule has 17 heteroatoms. The molecule has 5 amide bonds. The Morgan fingerprint density at radius 2 is 1.51 bits per heavy atom. The Hall–Kier alpha value is -5.49. The maximum atomic E-state index is 14.7. The van der Waals surface area contributed by atoms with Crippen LogP contribution in [0, 0.1) is 12.7 Å². The average molecular weight is 901 g/mol. The van der Waals surface area contributed by atoms with Crippen molar-refractivity contribution < 1.29 is 42.9 Å². The Kier molecular flexibility index (Phi) is 15.2. The van der Waals surface area contributed by atoms with Gasteiger partial charge in [0.2, 0.25) is 17.7 Å². The minimum atomic E-state index is -1.26. The monoisotopic (exact) mass is 900 g/mol. The third-order valence-electron chi connectivity index (χ3n) is 11.4. The number of pyridine rings is 1. The van der Waals surface area contributed by atoms with E-state index in [-0.39, 0.29) is 30.5 Å². The van der Waals surface area contributed by atoms with E-state index in [1.165, 1.54) is 50.6 Å². The van der Waals surface area contributed by atoms with Crippen LogP contribution in [0.25, 0.3) is 22.0 Å². The standard InChI is InChI=1S/C46H53FN6O8S2/c1-25-18-34-37(35-20-53(44(58)26(2)21-54)46(6,60-7)40(35)52-39(34)19-38(25)47)23-62-16-17-63-24-48-41(55)27(3)49-42(56)28(4)50-43(57)29(5)51-45(59)61-22-36-32-14-10-8-12-30(32)31-13-9-11-15-33(31)36/h8-15,18-19,27-29,36,54H,2,16-17,20-24H2,1,3-7H3,(H,48,55)(H,49,56)(H,50,57)(H,51,59)/t27-,28-,29-,46?/m0/s1. The number of rotatable bonds is 18. The maximum Gasteiger partial charge on any atom is 0.407 e. The molecule has 0 saturated heterocycles. The number of carbonyl (C=O) groups excluding carboxylic acids is 5. The van der Waals surface area contributed by atoms with Gasteiger partial charge in [-0.1, -0.05) is 55.1 Å². The summed E-state index contributed by atoms with van der Waals surface area (Å²) < 4.78 is 26.1. The van der Waals surface area contributed by atoms with E-state index in [2.05, 4.69) is 27.8 Å². The lowest BCUT2D eigenvalue weighted by Gasteiger charge is -2.34. The number of thioether (sulfide) groups is 2. The van der Waals surface area contributed by atoms with Crippen LogP contribution in [-0.4, -0.2) is 101 Å². The molecule has 2 heterocycles. The van der Waals surface area contributed by atoms with Gasteiger partial charge < -0.3 is 40.7 Å². The number of aromatic nitrogens is 1. The summed E-state index contributed by atoms with van der Waals surface area (Å²) >= 11 is 3.13. The number of aliphatic hydroxyl groups is 1. The van der Waals surface area contributed by atoms with Crippen LogP contribution in [0.2, 0.25) is 0 Å². The SMILES string of the molecule is C=C(CO)C(=O)N1Cc2c(nc3cc(F)c(C)cc3c2CSCCSCNC(=O)[C@H](C)NC(=O)[C@H](C)NC(=O)[C@H](C)NC(=O)OCC2c3ccccc3-c3ccccc32)C1(C)OC. The average Bonchev–Trinajstić information content (AvgIpc) is 3.75. The molecule has 0 bridgehead atoms. The Bertz CT molecular complexity index is 2390. The van der Waals surface area contributed by atoms with Gasteiger partial charge in [-0.2, -0.15) is 11.8 Å². The first-order valence-electron chi connectivity index (χ1n) is 20.5. The molecule has 3 aromatic carbocycles. The van der Waals surface area contributed by atoms with E-state index in [0.29, 0.717) is 34.0 Å². The van der Waals surface area contributed by atoms with E-state index < -0.39 is 66.0 Å². The number of amides is 5. The van der Waals surface area contributed by atoms with Crippen LogP contribution in [0.1, 0.15) is 67.1 Å². The van der Waals surface area contributed by atoms with Crippen molar-refractivity contribution in [3.05, 3.63) is 112 Å². The fraction of sp³-hybridized carbons (Fsp3) is 0.391. The number of alkyl carbamates (subject to hydrolysis) is 1. The third kappa shape index (κ3) is 10.2. The number of carbonyl (C=O) groups is 5. The van der Waals surface area contributed by atoms with Gasteiger partial charge in [-0.05, 0) is 74.1 Å². The van der Waals surface area contributed by atoms with Crippen molar-refractivity contribution in [2.45, 2.75) is 76.7 Å². The van der Waals surface area contributed by atoms with Gasteiger partial charge in [0.05, 0.1) is 30.2 Å². The molecule has 334 valence electrons. The second-order valence-corrected chi connectivity index (χ2v) is 17.9. The molecule has 14 nitrogen and oxygen atoms in total. The van der Waals surface area contributed by atoms with Crippen LogP contribution < -0.4 is 21.3 Å². The highest BCUT2D eigenvalue weighted by atomic mass is 32.2. The summed E-state index contributed by atoms with van der Waals surface area (Å²) in [6.07, 6.45) is -0.764. The van der Waals surface area contributed by atoms with Gasteiger partial charge in [0, 0.05) is 52.9 Å². The van der Waals surface area contributed by atoms with E-state index in [0.717, 1.165) is 38.8 Å². The van der Waals surface area contributed by atoms with Crippen molar-refractivity contribution in [2.75, 3.05) is 37.7 Å². The third-order valence-corrected chi connectivity index (χ3v) is 13.5. The summed E-state index contributed by atoms with van der Waals surface area (Å²) in [5.74, 6) is -0.390. The van der Waals surface area contributed by atoms with Crippen molar-refractivity contribution in [3.8, 4) is 11.1 Å². The lowest BCUT2D eigenvalue weighted by atomic mass is 9.98. The summed E-state index contributed by atoms with van der Waals surface area (Å²) in [4.78, 5) is 70.8. The number of hydrogen-bond acceptors (Lipinski definition) is 11.